The number of benzene rings is 2. The summed E-state index contributed by atoms with van der Waals surface area (Å²) in [5.74, 6) is 0.000200. The van der Waals surface area contributed by atoms with Crippen LogP contribution >= 0.6 is 39.9 Å². The smallest absolute Gasteiger partial charge is 0.266 e. The van der Waals surface area contributed by atoms with Gasteiger partial charge in [0, 0.05) is 29.5 Å². The third-order valence-corrected chi connectivity index (χ3v) is 6.64. The van der Waals surface area contributed by atoms with Crippen LogP contribution in [-0.4, -0.2) is 32.7 Å². The predicted octanol–water partition coefficient (Wildman–Crippen LogP) is 5.23. The molecule has 2 aromatic rings. The first-order chi connectivity index (χ1) is 14.9. The average molecular weight is 519 g/mol. The Hall–Kier alpha value is -2.16. The topological polar surface area (TPSA) is 69.6 Å². The zero-order valence-corrected chi connectivity index (χ0v) is 20.1. The molecule has 0 spiro atoms. The van der Waals surface area contributed by atoms with E-state index in [0.29, 0.717) is 34.3 Å². The quantitative estimate of drug-likeness (QED) is 0.270. The van der Waals surface area contributed by atoms with Crippen molar-refractivity contribution in [3.63, 3.8) is 0 Å². The van der Waals surface area contributed by atoms with Gasteiger partial charge in [-0.25, -0.2) is 0 Å². The second-order valence-corrected chi connectivity index (χ2v) is 9.70. The number of nitrogens with one attached hydrogen (secondary N) is 1. The molecule has 8 heteroatoms. The second-order valence-electron chi connectivity index (χ2n) is 7.11. The second kappa shape index (κ2) is 11.5. The number of rotatable bonds is 9. The predicted molar refractivity (Wildman–Crippen MR) is 132 cm³/mol. The molecule has 1 aliphatic heterocycles. The van der Waals surface area contributed by atoms with Crippen molar-refractivity contribution in [3.05, 3.63) is 69.0 Å². The molecular formula is C23H23BrN2O3S2. The number of amides is 2. The van der Waals surface area contributed by atoms with Crippen LogP contribution in [0.5, 0.6) is 5.75 Å². The lowest BCUT2D eigenvalue weighted by Gasteiger charge is -2.14. The van der Waals surface area contributed by atoms with E-state index < -0.39 is 0 Å². The maximum Gasteiger partial charge on any atom is 0.266 e. The summed E-state index contributed by atoms with van der Waals surface area (Å²) >= 11 is 9.97. The molecule has 3 rings (SSSR count). The van der Waals surface area contributed by atoms with Crippen molar-refractivity contribution >= 4 is 62.1 Å². The first kappa shape index (κ1) is 23.5. The molecule has 0 radical (unpaired) electrons. The summed E-state index contributed by atoms with van der Waals surface area (Å²) in [6.07, 6.45) is 4.50. The monoisotopic (exact) mass is 518 g/mol. The molecule has 2 N–H and O–H groups in total. The highest BCUT2D eigenvalue weighted by Crippen LogP contribution is 2.34. The lowest BCUT2D eigenvalue weighted by atomic mass is 10.1. The van der Waals surface area contributed by atoms with Crippen molar-refractivity contribution in [1.82, 2.24) is 10.2 Å². The Kier molecular flexibility index (Phi) is 8.69. The van der Waals surface area contributed by atoms with Gasteiger partial charge in [0.15, 0.2) is 0 Å². The third kappa shape index (κ3) is 6.92. The summed E-state index contributed by atoms with van der Waals surface area (Å²) in [7, 11) is 0. The van der Waals surface area contributed by atoms with Gasteiger partial charge >= 0.3 is 0 Å². The highest BCUT2D eigenvalue weighted by Gasteiger charge is 2.31. The Morgan fingerprint density at radius 2 is 1.94 bits per heavy atom. The fourth-order valence-corrected chi connectivity index (χ4v) is 4.77. The van der Waals surface area contributed by atoms with Crippen molar-refractivity contribution < 1.29 is 14.7 Å². The van der Waals surface area contributed by atoms with Crippen molar-refractivity contribution in [1.29, 1.82) is 0 Å². The minimum Gasteiger partial charge on any atom is -0.507 e. The van der Waals surface area contributed by atoms with E-state index in [2.05, 4.69) is 21.2 Å². The van der Waals surface area contributed by atoms with Gasteiger partial charge in [-0.3, -0.25) is 14.5 Å². The highest BCUT2D eigenvalue weighted by atomic mass is 79.9. The number of halogens is 1. The summed E-state index contributed by atoms with van der Waals surface area (Å²) < 4.78 is 1.34. The summed E-state index contributed by atoms with van der Waals surface area (Å²) in [5.41, 5.74) is 1.64. The molecule has 1 fully saturated rings. The number of unbranched alkanes of at least 4 members (excludes halogenated alkanes) is 2. The van der Waals surface area contributed by atoms with Gasteiger partial charge in [0.2, 0.25) is 5.91 Å². The van der Waals surface area contributed by atoms with Crippen LogP contribution in [0, 0.1) is 0 Å². The number of phenols is 1. The van der Waals surface area contributed by atoms with Crippen LogP contribution in [0.1, 0.15) is 36.8 Å². The Morgan fingerprint density at radius 3 is 2.71 bits per heavy atom. The van der Waals surface area contributed by atoms with Crippen molar-refractivity contribution in [2.75, 3.05) is 6.54 Å². The van der Waals surface area contributed by atoms with Gasteiger partial charge in [0.25, 0.3) is 5.91 Å². The number of aromatic hydroxyl groups is 1. The van der Waals surface area contributed by atoms with E-state index in [9.17, 15) is 14.7 Å². The first-order valence-electron chi connectivity index (χ1n) is 9.98. The number of phenolic OH excluding ortho intramolecular Hbond substituents is 1. The van der Waals surface area contributed by atoms with E-state index in [1.54, 1.807) is 29.2 Å². The molecule has 5 nitrogen and oxygen atoms in total. The minimum absolute atomic E-state index is 0.0335. The summed E-state index contributed by atoms with van der Waals surface area (Å²) in [5, 5.41) is 12.9. The van der Waals surface area contributed by atoms with Gasteiger partial charge < -0.3 is 10.4 Å². The van der Waals surface area contributed by atoms with Crippen molar-refractivity contribution in [2.45, 2.75) is 32.2 Å². The first-order valence-corrected chi connectivity index (χ1v) is 12.0. The molecule has 0 aliphatic carbocycles. The van der Waals surface area contributed by atoms with Gasteiger partial charge in [-0.05, 0) is 42.7 Å². The van der Waals surface area contributed by atoms with E-state index >= 15 is 0 Å². The van der Waals surface area contributed by atoms with Crippen LogP contribution in [0.4, 0.5) is 0 Å². The highest BCUT2D eigenvalue weighted by molar-refractivity contribution is 9.10. The van der Waals surface area contributed by atoms with Gasteiger partial charge in [-0.15, -0.1) is 0 Å². The normalized spacial score (nSPS) is 15.0. The molecule has 0 bridgehead atoms. The number of hydrogen-bond acceptors (Lipinski definition) is 5. The molecule has 0 saturated carbocycles. The Balaban J connectivity index is 1.41. The number of thiocarbonyl (C=S) groups is 1. The zero-order chi connectivity index (χ0) is 22.2. The fraction of sp³-hybridized carbons (Fsp3) is 0.261. The maximum absolute atomic E-state index is 12.7. The molecule has 1 saturated heterocycles. The molecule has 0 aromatic heterocycles. The molecular weight excluding hydrogens is 496 g/mol. The van der Waals surface area contributed by atoms with Crippen LogP contribution < -0.4 is 5.32 Å². The van der Waals surface area contributed by atoms with Crippen molar-refractivity contribution in [2.24, 2.45) is 0 Å². The third-order valence-electron chi connectivity index (χ3n) is 4.77. The maximum atomic E-state index is 12.7. The number of carbonyl (C=O) groups is 2. The van der Waals surface area contributed by atoms with Gasteiger partial charge in [0.1, 0.15) is 10.1 Å². The number of nitrogens with zero attached hydrogens (tertiary/aromatic N) is 1. The number of hydrogen-bond donors (Lipinski definition) is 2. The molecule has 31 heavy (non-hydrogen) atoms. The standard InChI is InChI=1S/C23H23BrN2O3S2/c24-18-10-11-19(27)17(13-18)14-20-22(29)26(23(30)31-20)12-6-2-5-9-21(28)25-15-16-7-3-1-4-8-16/h1,3-4,7-8,10-11,13-14,27H,2,5-6,9,12,15H2,(H,25,28)/b20-14-. The Bertz CT molecular complexity index is 996. The average Bonchev–Trinajstić information content (AvgIpc) is 3.02. The van der Waals surface area contributed by atoms with E-state index in [-0.39, 0.29) is 17.6 Å². The lowest BCUT2D eigenvalue weighted by Crippen LogP contribution is -2.29. The van der Waals surface area contributed by atoms with Gasteiger partial charge in [-0.1, -0.05) is 76.7 Å². The van der Waals surface area contributed by atoms with E-state index in [0.717, 1.165) is 29.3 Å². The summed E-state index contributed by atoms with van der Waals surface area (Å²) in [6, 6.07) is 14.9. The largest absolute Gasteiger partial charge is 0.507 e. The zero-order valence-electron chi connectivity index (χ0n) is 16.8. The van der Waals surface area contributed by atoms with E-state index in [1.807, 2.05) is 30.3 Å². The van der Waals surface area contributed by atoms with E-state index in [4.69, 9.17) is 12.2 Å². The van der Waals surface area contributed by atoms with Gasteiger partial charge in [0.05, 0.1) is 4.91 Å². The Labute approximate surface area is 200 Å². The lowest BCUT2D eigenvalue weighted by molar-refractivity contribution is -0.123. The van der Waals surface area contributed by atoms with Crippen LogP contribution in [0.15, 0.2) is 57.9 Å². The van der Waals surface area contributed by atoms with Crippen LogP contribution in [0.25, 0.3) is 6.08 Å². The van der Waals surface area contributed by atoms with Crippen LogP contribution in [0.3, 0.4) is 0 Å². The summed E-state index contributed by atoms with van der Waals surface area (Å²) in [6.45, 7) is 1.06. The molecule has 2 amide bonds. The molecule has 0 atom stereocenters. The SMILES string of the molecule is O=C(CCCCCN1C(=O)/C(=C/c2cc(Br)ccc2O)SC1=S)NCc1ccccc1. The molecule has 2 aromatic carbocycles. The minimum atomic E-state index is -0.144. The number of carbonyl (C=O) groups excluding carboxylic acids is 2. The fourth-order valence-electron chi connectivity index (χ4n) is 3.09. The molecule has 162 valence electrons. The van der Waals surface area contributed by atoms with Crippen LogP contribution in [0.2, 0.25) is 0 Å². The van der Waals surface area contributed by atoms with E-state index in [1.165, 1.54) is 11.8 Å². The van der Waals surface area contributed by atoms with Crippen molar-refractivity contribution in [3.8, 4) is 5.75 Å². The summed E-state index contributed by atoms with van der Waals surface area (Å²) in [4.78, 5) is 26.8. The van der Waals surface area contributed by atoms with Crippen LogP contribution in [-0.2, 0) is 16.1 Å². The number of thioether (sulfide) groups is 1. The van der Waals surface area contributed by atoms with Gasteiger partial charge in [-0.2, -0.15) is 0 Å². The molecule has 1 heterocycles. The molecule has 1 aliphatic rings. The Morgan fingerprint density at radius 1 is 1.16 bits per heavy atom. The molecule has 0 unspecified atom stereocenters.